The molecule has 0 bridgehead atoms. The Hall–Kier alpha value is -2.20. The number of rotatable bonds is 2. The van der Waals surface area contributed by atoms with Gasteiger partial charge in [-0.2, -0.15) is 0 Å². The second-order valence-corrected chi connectivity index (χ2v) is 5.63. The fraction of sp³-hybridized carbons (Fsp3) is 0.188. The number of nitrogens with zero attached hydrogens (tertiary/aromatic N) is 1. The number of nitrogens with two attached hydrogens (primary N) is 1. The molecule has 3 rings (SSSR count). The van der Waals surface area contributed by atoms with Crippen molar-refractivity contribution in [1.82, 2.24) is 4.90 Å². The molecule has 1 amide bonds. The molecule has 1 aliphatic heterocycles. The van der Waals surface area contributed by atoms with E-state index in [4.69, 9.17) is 17.3 Å². The van der Waals surface area contributed by atoms with Crippen molar-refractivity contribution in [2.24, 2.45) is 0 Å². The summed E-state index contributed by atoms with van der Waals surface area (Å²) in [5, 5.41) is 11.7. The lowest BCUT2D eigenvalue weighted by Crippen LogP contribution is -2.47. The quantitative estimate of drug-likeness (QED) is 0.509. The van der Waals surface area contributed by atoms with Gasteiger partial charge in [-0.1, -0.05) is 36.4 Å². The molecule has 21 heavy (non-hydrogen) atoms. The summed E-state index contributed by atoms with van der Waals surface area (Å²) in [6.45, 7) is 4.87. The Morgan fingerprint density at radius 3 is 2.81 bits per heavy atom. The molecule has 0 saturated carbocycles. The maximum absolute atomic E-state index is 11.5. The highest BCUT2D eigenvalue weighted by molar-refractivity contribution is 6.37. The highest BCUT2D eigenvalue weighted by Gasteiger charge is 2.30. The Morgan fingerprint density at radius 1 is 1.43 bits per heavy atom. The number of anilines is 1. The molecular weight excluding hydrogens is 288 g/mol. The average molecular weight is 303 g/mol. The predicted molar refractivity (Wildman–Crippen MR) is 84.6 cm³/mol. The van der Waals surface area contributed by atoms with Crippen molar-refractivity contribution >= 4 is 34.0 Å². The van der Waals surface area contributed by atoms with Crippen LogP contribution in [0.1, 0.15) is 11.5 Å². The van der Waals surface area contributed by atoms with Crippen LogP contribution in [0, 0.1) is 0 Å². The van der Waals surface area contributed by atoms with Crippen LogP contribution in [0.4, 0.5) is 5.69 Å². The third-order valence-corrected chi connectivity index (χ3v) is 4.33. The van der Waals surface area contributed by atoms with Gasteiger partial charge in [-0.25, -0.2) is 0 Å². The topological polar surface area (TPSA) is 66.6 Å². The van der Waals surface area contributed by atoms with Gasteiger partial charge >= 0.3 is 0 Å². The molecular formula is C16H15ClN2O2. The molecule has 1 aliphatic rings. The van der Waals surface area contributed by atoms with E-state index in [-0.39, 0.29) is 22.4 Å². The monoisotopic (exact) mass is 302 g/mol. The van der Waals surface area contributed by atoms with Gasteiger partial charge in [0.1, 0.15) is 0 Å². The summed E-state index contributed by atoms with van der Waals surface area (Å²) in [6.07, 6.45) is 1.33. The van der Waals surface area contributed by atoms with Crippen molar-refractivity contribution in [3.05, 3.63) is 47.5 Å². The van der Waals surface area contributed by atoms with E-state index in [0.717, 1.165) is 16.3 Å². The first-order valence-corrected chi connectivity index (χ1v) is 7.01. The van der Waals surface area contributed by atoms with Crippen LogP contribution < -0.4 is 5.73 Å². The minimum absolute atomic E-state index is 0.0377. The van der Waals surface area contributed by atoms with E-state index >= 15 is 0 Å². The summed E-state index contributed by atoms with van der Waals surface area (Å²) in [5.41, 5.74) is 7.14. The Kier molecular flexibility index (Phi) is 3.26. The zero-order chi connectivity index (χ0) is 15.1. The predicted octanol–water partition coefficient (Wildman–Crippen LogP) is 2.89. The highest BCUT2D eigenvalue weighted by Crippen LogP contribution is 2.38. The van der Waals surface area contributed by atoms with E-state index in [1.807, 2.05) is 18.2 Å². The van der Waals surface area contributed by atoms with Crippen LogP contribution in [0.5, 0.6) is 5.75 Å². The number of aromatic hydroxyl groups is 1. The summed E-state index contributed by atoms with van der Waals surface area (Å²) in [4.78, 5) is 13.2. The minimum Gasteiger partial charge on any atom is -0.504 e. The molecule has 0 aliphatic carbocycles. The molecule has 1 saturated heterocycles. The molecule has 5 heteroatoms. The number of fused-ring (bicyclic) bond motifs is 1. The number of hydrogen-bond donors (Lipinski definition) is 2. The van der Waals surface area contributed by atoms with E-state index in [9.17, 15) is 9.90 Å². The number of amides is 1. The second-order valence-electron chi connectivity index (χ2n) is 5.25. The van der Waals surface area contributed by atoms with Crippen LogP contribution in [0.3, 0.4) is 0 Å². The van der Waals surface area contributed by atoms with Crippen LogP contribution in [0.15, 0.2) is 36.9 Å². The van der Waals surface area contributed by atoms with Gasteiger partial charge in [0.25, 0.3) is 0 Å². The zero-order valence-electron chi connectivity index (χ0n) is 11.3. The van der Waals surface area contributed by atoms with Crippen LogP contribution in [-0.2, 0) is 4.79 Å². The van der Waals surface area contributed by atoms with Gasteiger partial charge in [0.15, 0.2) is 5.75 Å². The van der Waals surface area contributed by atoms with Gasteiger partial charge in [-0.05, 0) is 23.1 Å². The van der Waals surface area contributed by atoms with Crippen LogP contribution in [0.25, 0.3) is 10.8 Å². The van der Waals surface area contributed by atoms with Gasteiger partial charge in [0.05, 0.1) is 10.7 Å². The lowest BCUT2D eigenvalue weighted by atomic mass is 9.89. The Bertz CT molecular complexity index is 752. The molecule has 3 N–H and O–H groups in total. The molecule has 0 radical (unpaired) electrons. The molecule has 0 spiro atoms. The van der Waals surface area contributed by atoms with Crippen LogP contribution in [-0.4, -0.2) is 29.0 Å². The van der Waals surface area contributed by atoms with E-state index in [0.29, 0.717) is 19.0 Å². The number of carbonyl (C=O) groups excluding carboxylic acids is 1. The first kappa shape index (κ1) is 13.8. The van der Waals surface area contributed by atoms with Crippen LogP contribution >= 0.6 is 11.6 Å². The third-order valence-electron chi connectivity index (χ3n) is 3.94. The van der Waals surface area contributed by atoms with Crippen molar-refractivity contribution < 1.29 is 9.90 Å². The largest absolute Gasteiger partial charge is 0.504 e. The maximum Gasteiger partial charge on any atom is 0.245 e. The summed E-state index contributed by atoms with van der Waals surface area (Å²) >= 11 is 6.10. The first-order chi connectivity index (χ1) is 10.0. The molecule has 4 nitrogen and oxygen atoms in total. The SMILES string of the molecule is C=CC(=O)N1CC(c2ccc3c(Cl)c(O)c(N)cc3c2)C1. The lowest BCUT2D eigenvalue weighted by Gasteiger charge is -2.39. The molecule has 108 valence electrons. The summed E-state index contributed by atoms with van der Waals surface area (Å²) in [7, 11) is 0. The molecule has 2 aromatic rings. The number of likely N-dealkylation sites (tertiary alicyclic amines) is 1. The Morgan fingerprint density at radius 2 is 2.14 bits per heavy atom. The number of hydrogen-bond acceptors (Lipinski definition) is 3. The number of phenolic OH excluding ortho intramolecular Hbond substituents is 1. The summed E-state index contributed by atoms with van der Waals surface area (Å²) < 4.78 is 0. The number of benzene rings is 2. The Balaban J connectivity index is 1.91. The standard InChI is InChI=1S/C16H15ClN2O2/c1-2-14(20)19-7-11(8-19)9-3-4-12-10(5-9)6-13(18)16(21)15(12)17/h2-6,11,21H,1,7-8,18H2. The van der Waals surface area contributed by atoms with Crippen molar-refractivity contribution in [3.63, 3.8) is 0 Å². The molecule has 0 atom stereocenters. The van der Waals surface area contributed by atoms with Gasteiger partial charge in [0, 0.05) is 24.4 Å². The van der Waals surface area contributed by atoms with E-state index in [2.05, 4.69) is 6.58 Å². The maximum atomic E-state index is 11.5. The van der Waals surface area contributed by atoms with E-state index in [1.165, 1.54) is 6.08 Å². The normalized spacial score (nSPS) is 15.0. The smallest absolute Gasteiger partial charge is 0.245 e. The molecule has 1 fully saturated rings. The van der Waals surface area contributed by atoms with Crippen molar-refractivity contribution in [2.45, 2.75) is 5.92 Å². The first-order valence-electron chi connectivity index (χ1n) is 6.63. The van der Waals surface area contributed by atoms with Gasteiger partial charge in [0.2, 0.25) is 5.91 Å². The fourth-order valence-corrected chi connectivity index (χ4v) is 2.92. The summed E-state index contributed by atoms with van der Waals surface area (Å²) in [5.74, 6) is 0.194. The summed E-state index contributed by atoms with van der Waals surface area (Å²) in [6, 6.07) is 7.58. The number of carbonyl (C=O) groups is 1. The average Bonchev–Trinajstić information content (AvgIpc) is 2.43. The van der Waals surface area contributed by atoms with E-state index < -0.39 is 0 Å². The van der Waals surface area contributed by atoms with Gasteiger partial charge in [-0.3, -0.25) is 4.79 Å². The van der Waals surface area contributed by atoms with Gasteiger partial charge < -0.3 is 15.7 Å². The van der Waals surface area contributed by atoms with Crippen molar-refractivity contribution in [1.29, 1.82) is 0 Å². The van der Waals surface area contributed by atoms with Crippen molar-refractivity contribution in [2.75, 3.05) is 18.8 Å². The molecule has 2 aromatic carbocycles. The Labute approximate surface area is 127 Å². The lowest BCUT2D eigenvalue weighted by molar-refractivity contribution is -0.130. The highest BCUT2D eigenvalue weighted by atomic mass is 35.5. The molecule has 0 unspecified atom stereocenters. The minimum atomic E-state index is -0.0803. The van der Waals surface area contributed by atoms with Crippen LogP contribution in [0.2, 0.25) is 5.02 Å². The van der Waals surface area contributed by atoms with Crippen molar-refractivity contribution in [3.8, 4) is 5.75 Å². The number of nitrogen functional groups attached to an aromatic ring is 1. The zero-order valence-corrected chi connectivity index (χ0v) is 12.1. The third kappa shape index (κ3) is 2.21. The van der Waals surface area contributed by atoms with E-state index in [1.54, 1.807) is 11.0 Å². The fourth-order valence-electron chi connectivity index (χ4n) is 2.64. The second kappa shape index (κ2) is 4.97. The molecule has 1 heterocycles. The number of halogens is 1. The van der Waals surface area contributed by atoms with Gasteiger partial charge in [-0.15, -0.1) is 0 Å². The number of phenols is 1. The molecule has 0 aromatic heterocycles.